The van der Waals surface area contributed by atoms with Crippen molar-refractivity contribution in [3.63, 3.8) is 0 Å². The van der Waals surface area contributed by atoms with Gasteiger partial charge in [0.05, 0.1) is 41.2 Å². The van der Waals surface area contributed by atoms with Gasteiger partial charge in [-0.05, 0) is 55.8 Å². The third kappa shape index (κ3) is 5.85. The van der Waals surface area contributed by atoms with Crippen molar-refractivity contribution >= 4 is 36.1 Å². The van der Waals surface area contributed by atoms with Gasteiger partial charge in [0.25, 0.3) is 5.91 Å². The van der Waals surface area contributed by atoms with E-state index in [1.807, 2.05) is 6.92 Å². The third-order valence-corrected chi connectivity index (χ3v) is 5.36. The standard InChI is InChI=1S/C25H23FN4O3S/c1-3-33-23-14-19(12-13-22(23)29-24(31)20-6-4-5-7-21(20)26)30(34)25(32)28-16(2)18-10-8-17(15-27)9-11-18/h4-14,16,34H,3H2,1-2H3,(H,28,32)(H,29,31). The summed E-state index contributed by atoms with van der Waals surface area (Å²) in [6.07, 6.45) is 0. The number of anilines is 2. The predicted octanol–water partition coefficient (Wildman–Crippen LogP) is 5.47. The number of hydrogen-bond donors (Lipinski definition) is 3. The van der Waals surface area contributed by atoms with Gasteiger partial charge in [0, 0.05) is 6.07 Å². The van der Waals surface area contributed by atoms with Crippen molar-refractivity contribution in [1.82, 2.24) is 5.32 Å². The van der Waals surface area contributed by atoms with Gasteiger partial charge in [0.2, 0.25) is 0 Å². The van der Waals surface area contributed by atoms with Crippen molar-refractivity contribution in [1.29, 1.82) is 5.26 Å². The van der Waals surface area contributed by atoms with Crippen LogP contribution >= 0.6 is 12.8 Å². The molecule has 1 atom stereocenters. The van der Waals surface area contributed by atoms with Crippen LogP contribution in [0.25, 0.3) is 0 Å². The van der Waals surface area contributed by atoms with E-state index in [4.69, 9.17) is 10.00 Å². The molecule has 0 bridgehead atoms. The Morgan fingerprint density at radius 1 is 1.15 bits per heavy atom. The van der Waals surface area contributed by atoms with E-state index in [0.29, 0.717) is 29.3 Å². The van der Waals surface area contributed by atoms with Gasteiger partial charge in [-0.15, -0.1) is 0 Å². The molecule has 0 saturated carbocycles. The SMILES string of the molecule is CCOc1cc(N(S)C(=O)NC(C)c2ccc(C#N)cc2)ccc1NC(=O)c1ccccc1F. The average molecular weight is 479 g/mol. The van der Waals surface area contributed by atoms with E-state index in [0.717, 1.165) is 9.87 Å². The van der Waals surface area contributed by atoms with Crippen molar-refractivity contribution in [3.05, 3.63) is 89.2 Å². The fourth-order valence-electron chi connectivity index (χ4n) is 3.15. The van der Waals surface area contributed by atoms with Crippen molar-refractivity contribution in [3.8, 4) is 11.8 Å². The van der Waals surface area contributed by atoms with E-state index in [9.17, 15) is 14.0 Å². The second kappa shape index (κ2) is 11.2. The highest BCUT2D eigenvalue weighted by Crippen LogP contribution is 2.32. The van der Waals surface area contributed by atoms with Crippen LogP contribution in [0.5, 0.6) is 5.75 Å². The number of nitrogens with zero attached hydrogens (tertiary/aromatic N) is 2. The van der Waals surface area contributed by atoms with Gasteiger partial charge in [0.1, 0.15) is 11.6 Å². The highest BCUT2D eigenvalue weighted by atomic mass is 32.1. The van der Waals surface area contributed by atoms with Crippen molar-refractivity contribution in [2.75, 3.05) is 16.2 Å². The van der Waals surface area contributed by atoms with Crippen LogP contribution in [0.15, 0.2) is 66.7 Å². The molecule has 0 radical (unpaired) electrons. The minimum Gasteiger partial charge on any atom is -0.492 e. The minimum atomic E-state index is -0.635. The number of nitriles is 1. The summed E-state index contributed by atoms with van der Waals surface area (Å²) in [5.74, 6) is -0.954. The lowest BCUT2D eigenvalue weighted by molar-refractivity contribution is 0.102. The first-order valence-corrected chi connectivity index (χ1v) is 10.9. The molecule has 0 aliphatic carbocycles. The molecule has 3 rings (SSSR count). The maximum absolute atomic E-state index is 13.9. The number of ether oxygens (including phenoxy) is 1. The van der Waals surface area contributed by atoms with Crippen LogP contribution < -0.4 is 19.7 Å². The number of thiol groups is 1. The minimum absolute atomic E-state index is 0.0963. The summed E-state index contributed by atoms with van der Waals surface area (Å²) in [6, 6.07) is 18.5. The third-order valence-electron chi connectivity index (χ3n) is 4.95. The Hall–Kier alpha value is -4.03. The van der Waals surface area contributed by atoms with Gasteiger partial charge in [-0.25, -0.2) is 13.5 Å². The van der Waals surface area contributed by atoms with Crippen LogP contribution in [0.2, 0.25) is 0 Å². The Morgan fingerprint density at radius 3 is 2.50 bits per heavy atom. The van der Waals surface area contributed by atoms with Crippen LogP contribution in [0.3, 0.4) is 0 Å². The van der Waals surface area contributed by atoms with E-state index >= 15 is 0 Å². The number of carbonyl (C=O) groups is 2. The molecule has 174 valence electrons. The van der Waals surface area contributed by atoms with Gasteiger partial charge >= 0.3 is 6.03 Å². The summed E-state index contributed by atoms with van der Waals surface area (Å²) in [5.41, 5.74) is 1.99. The first-order chi connectivity index (χ1) is 16.3. The van der Waals surface area contributed by atoms with Gasteiger partial charge in [-0.1, -0.05) is 37.1 Å². The highest BCUT2D eigenvalue weighted by molar-refractivity contribution is 7.82. The number of amides is 3. The summed E-state index contributed by atoms with van der Waals surface area (Å²) in [5, 5.41) is 14.4. The topological polar surface area (TPSA) is 94.5 Å². The van der Waals surface area contributed by atoms with E-state index in [2.05, 4.69) is 29.5 Å². The molecule has 0 aliphatic rings. The number of benzene rings is 3. The molecule has 0 spiro atoms. The predicted molar refractivity (Wildman–Crippen MR) is 132 cm³/mol. The molecule has 0 aromatic heterocycles. The Bertz CT molecular complexity index is 1230. The monoisotopic (exact) mass is 478 g/mol. The summed E-state index contributed by atoms with van der Waals surface area (Å²) >= 11 is 4.31. The van der Waals surface area contributed by atoms with Gasteiger partial charge < -0.3 is 15.4 Å². The first-order valence-electron chi connectivity index (χ1n) is 10.5. The number of rotatable bonds is 7. The molecular formula is C25H23FN4O3S. The van der Waals surface area contributed by atoms with E-state index in [-0.39, 0.29) is 11.6 Å². The lowest BCUT2D eigenvalue weighted by Gasteiger charge is -2.22. The molecule has 2 N–H and O–H groups in total. The van der Waals surface area contributed by atoms with Crippen LogP contribution in [0.4, 0.5) is 20.6 Å². The van der Waals surface area contributed by atoms with Crippen LogP contribution in [-0.4, -0.2) is 18.5 Å². The quantitative estimate of drug-likeness (QED) is 0.393. The summed E-state index contributed by atoms with van der Waals surface area (Å²) in [7, 11) is 0. The van der Waals surface area contributed by atoms with Gasteiger partial charge in [-0.2, -0.15) is 5.26 Å². The molecule has 9 heteroatoms. The molecule has 0 aliphatic heterocycles. The van der Waals surface area contributed by atoms with E-state index < -0.39 is 17.8 Å². The normalized spacial score (nSPS) is 11.1. The lowest BCUT2D eigenvalue weighted by atomic mass is 10.1. The number of hydrogen-bond acceptors (Lipinski definition) is 5. The van der Waals surface area contributed by atoms with Gasteiger partial charge in [-0.3, -0.25) is 4.79 Å². The molecule has 1 unspecified atom stereocenters. The fourth-order valence-corrected chi connectivity index (χ4v) is 3.33. The zero-order valence-electron chi connectivity index (χ0n) is 18.6. The highest BCUT2D eigenvalue weighted by Gasteiger charge is 2.19. The van der Waals surface area contributed by atoms with Crippen molar-refractivity contribution in [2.45, 2.75) is 19.9 Å². The molecule has 0 saturated heterocycles. The Kier molecular flexibility index (Phi) is 8.11. The summed E-state index contributed by atoms with van der Waals surface area (Å²) < 4.78 is 20.7. The van der Waals surface area contributed by atoms with Crippen molar-refractivity contribution < 1.29 is 18.7 Å². The Labute approximate surface area is 202 Å². The number of halogens is 1. The second-order valence-corrected chi connectivity index (χ2v) is 7.66. The van der Waals surface area contributed by atoms with Crippen LogP contribution in [0.1, 0.15) is 41.4 Å². The number of carbonyl (C=O) groups excluding carboxylic acids is 2. The maximum atomic E-state index is 13.9. The lowest BCUT2D eigenvalue weighted by Crippen LogP contribution is -2.35. The first kappa shape index (κ1) is 24.6. The average Bonchev–Trinajstić information content (AvgIpc) is 2.85. The summed E-state index contributed by atoms with van der Waals surface area (Å²) in [4.78, 5) is 25.2. The zero-order valence-corrected chi connectivity index (χ0v) is 19.5. The smallest absolute Gasteiger partial charge is 0.332 e. The molecule has 7 nitrogen and oxygen atoms in total. The number of urea groups is 1. The maximum Gasteiger partial charge on any atom is 0.332 e. The fraction of sp³-hybridized carbons (Fsp3) is 0.160. The van der Waals surface area contributed by atoms with E-state index in [1.165, 1.54) is 18.2 Å². The van der Waals surface area contributed by atoms with Crippen LogP contribution in [0, 0.1) is 17.1 Å². The van der Waals surface area contributed by atoms with Gasteiger partial charge in [0.15, 0.2) is 0 Å². The van der Waals surface area contributed by atoms with E-state index in [1.54, 1.807) is 55.5 Å². The molecule has 3 aromatic rings. The molecule has 3 amide bonds. The second-order valence-electron chi connectivity index (χ2n) is 7.26. The summed E-state index contributed by atoms with van der Waals surface area (Å²) in [6.45, 7) is 3.90. The van der Waals surface area contributed by atoms with Crippen molar-refractivity contribution in [2.24, 2.45) is 0 Å². The number of nitrogens with one attached hydrogen (secondary N) is 2. The molecule has 0 heterocycles. The molecule has 3 aromatic carbocycles. The molecule has 0 fully saturated rings. The molecular weight excluding hydrogens is 455 g/mol. The molecule has 34 heavy (non-hydrogen) atoms. The Balaban J connectivity index is 1.75. The Morgan fingerprint density at radius 2 is 1.85 bits per heavy atom. The zero-order chi connectivity index (χ0) is 24.7. The van der Waals surface area contributed by atoms with Crippen LogP contribution in [-0.2, 0) is 0 Å². The largest absolute Gasteiger partial charge is 0.492 e.